The molecule has 9 heteroatoms. The number of ether oxygens (including phenoxy) is 1. The van der Waals surface area contributed by atoms with Crippen LogP contribution in [0.15, 0.2) is 41.3 Å². The number of benzene rings is 2. The van der Waals surface area contributed by atoms with Gasteiger partial charge < -0.3 is 9.84 Å². The Bertz CT molecular complexity index is 1330. The molecule has 2 aliphatic rings. The van der Waals surface area contributed by atoms with Gasteiger partial charge in [0.2, 0.25) is 10.0 Å². The smallest absolute Gasteiger partial charge is 0.309 e. The molecular formula is C23H25N3O5S. The van der Waals surface area contributed by atoms with Gasteiger partial charge in [0.05, 0.1) is 35.2 Å². The Morgan fingerprint density at radius 1 is 1.22 bits per heavy atom. The maximum absolute atomic E-state index is 13.4. The lowest BCUT2D eigenvalue weighted by Gasteiger charge is -2.18. The largest absolute Gasteiger partial charge is 0.493 e. The van der Waals surface area contributed by atoms with Gasteiger partial charge in [-0.05, 0) is 48.2 Å². The van der Waals surface area contributed by atoms with Gasteiger partial charge in [-0.25, -0.2) is 8.42 Å². The summed E-state index contributed by atoms with van der Waals surface area (Å²) in [5.74, 6) is -0.175. The summed E-state index contributed by atoms with van der Waals surface area (Å²) < 4.78 is 35.7. The Hall–Kier alpha value is -2.91. The third-order valence-corrected chi connectivity index (χ3v) is 8.24. The molecule has 2 atom stereocenters. The number of fused-ring (bicyclic) bond motifs is 2. The van der Waals surface area contributed by atoms with E-state index in [1.54, 1.807) is 18.2 Å². The van der Waals surface area contributed by atoms with Crippen molar-refractivity contribution >= 4 is 26.9 Å². The van der Waals surface area contributed by atoms with Crippen LogP contribution in [0.5, 0.6) is 5.75 Å². The highest BCUT2D eigenvalue weighted by atomic mass is 32.2. The van der Waals surface area contributed by atoms with Crippen LogP contribution in [0.4, 0.5) is 0 Å². The van der Waals surface area contributed by atoms with Gasteiger partial charge in [-0.15, -0.1) is 0 Å². The van der Waals surface area contributed by atoms with E-state index in [1.807, 2.05) is 36.7 Å². The standard InChI is InChI=1S/C23H25N3O5S/c1-14-3-5-18-19(11-23(27)28)24-26(20(18)9-14)21-13-25(12-15(21)2)32(29,30)17-4-6-22-16(10-17)7-8-31-22/h3-6,9-10,15,21H,7-8,11-13H2,1-2H3,(H,27,28)/t15-,21?/m1/s1. The average molecular weight is 456 g/mol. The van der Waals surface area contributed by atoms with E-state index < -0.39 is 16.0 Å². The number of hydrogen-bond donors (Lipinski definition) is 1. The Balaban J connectivity index is 1.50. The molecule has 0 saturated carbocycles. The number of carbonyl (C=O) groups is 1. The first kappa shape index (κ1) is 21.0. The van der Waals surface area contributed by atoms with Crippen molar-refractivity contribution < 1.29 is 23.1 Å². The third-order valence-electron chi connectivity index (χ3n) is 6.41. The number of aliphatic carboxylic acids is 1. The SMILES string of the molecule is Cc1ccc2c(CC(=O)O)nn(C3CN(S(=O)(=O)c4ccc5c(c4)CCO5)C[C@H]3C)c2c1. The van der Waals surface area contributed by atoms with Crippen LogP contribution in [-0.4, -0.2) is 53.3 Å². The molecule has 1 unspecified atom stereocenters. The van der Waals surface area contributed by atoms with E-state index in [1.165, 1.54) is 4.31 Å². The monoisotopic (exact) mass is 455 g/mol. The molecule has 8 nitrogen and oxygen atoms in total. The topological polar surface area (TPSA) is 102 Å². The zero-order chi connectivity index (χ0) is 22.6. The number of nitrogens with zero attached hydrogens (tertiary/aromatic N) is 3. The van der Waals surface area contributed by atoms with Gasteiger partial charge in [-0.2, -0.15) is 9.40 Å². The summed E-state index contributed by atoms with van der Waals surface area (Å²) in [6.45, 7) is 5.22. The van der Waals surface area contributed by atoms with Crippen molar-refractivity contribution in [3.05, 3.63) is 53.2 Å². The highest BCUT2D eigenvalue weighted by Gasteiger charge is 2.39. The number of rotatable bonds is 5. The predicted octanol–water partition coefficient (Wildman–Crippen LogP) is 2.79. The highest BCUT2D eigenvalue weighted by molar-refractivity contribution is 7.89. The van der Waals surface area contributed by atoms with Gasteiger partial charge in [-0.1, -0.05) is 19.1 Å². The summed E-state index contributed by atoms with van der Waals surface area (Å²) in [4.78, 5) is 11.6. The second-order valence-electron chi connectivity index (χ2n) is 8.72. The van der Waals surface area contributed by atoms with Crippen LogP contribution in [0.1, 0.15) is 29.8 Å². The Kier molecular flexibility index (Phi) is 4.98. The summed E-state index contributed by atoms with van der Waals surface area (Å²) in [5, 5.41) is 14.7. The van der Waals surface area contributed by atoms with Gasteiger partial charge in [0.15, 0.2) is 0 Å². The van der Waals surface area contributed by atoms with Gasteiger partial charge in [0, 0.05) is 24.9 Å². The average Bonchev–Trinajstić information content (AvgIpc) is 3.44. The summed E-state index contributed by atoms with van der Waals surface area (Å²) in [7, 11) is -3.67. The van der Waals surface area contributed by atoms with Gasteiger partial charge >= 0.3 is 5.97 Å². The quantitative estimate of drug-likeness (QED) is 0.635. The first-order valence-corrected chi connectivity index (χ1v) is 12.1. The number of aryl methyl sites for hydroxylation is 1. The number of sulfonamides is 1. The number of aromatic nitrogens is 2. The van der Waals surface area contributed by atoms with Crippen LogP contribution in [0, 0.1) is 12.8 Å². The Labute approximate surface area is 186 Å². The molecule has 3 aromatic rings. The molecule has 0 aliphatic carbocycles. The molecule has 5 rings (SSSR count). The fraction of sp³-hybridized carbons (Fsp3) is 0.391. The summed E-state index contributed by atoms with van der Waals surface area (Å²) in [6, 6.07) is 10.7. The third kappa shape index (κ3) is 3.45. The highest BCUT2D eigenvalue weighted by Crippen LogP contribution is 2.36. The van der Waals surface area contributed by atoms with Crippen LogP contribution in [0.25, 0.3) is 10.9 Å². The van der Waals surface area contributed by atoms with E-state index in [9.17, 15) is 18.3 Å². The molecule has 2 aromatic carbocycles. The molecular weight excluding hydrogens is 430 g/mol. The van der Waals surface area contributed by atoms with Crippen molar-refractivity contribution in [1.82, 2.24) is 14.1 Å². The fourth-order valence-corrected chi connectivity index (χ4v) is 6.34. The molecule has 0 radical (unpaired) electrons. The zero-order valence-electron chi connectivity index (χ0n) is 18.0. The lowest BCUT2D eigenvalue weighted by atomic mass is 10.1. The van der Waals surface area contributed by atoms with Gasteiger partial charge in [0.25, 0.3) is 0 Å². The summed E-state index contributed by atoms with van der Waals surface area (Å²) in [6.07, 6.45) is 0.537. The van der Waals surface area contributed by atoms with Crippen molar-refractivity contribution in [3.8, 4) is 5.75 Å². The second kappa shape index (κ2) is 7.60. The maximum Gasteiger partial charge on any atom is 0.309 e. The molecule has 0 amide bonds. The molecule has 0 bridgehead atoms. The molecule has 1 aromatic heterocycles. The summed E-state index contributed by atoms with van der Waals surface area (Å²) in [5.41, 5.74) is 3.30. The van der Waals surface area contributed by atoms with Gasteiger partial charge in [0.1, 0.15) is 5.75 Å². The van der Waals surface area contributed by atoms with Crippen molar-refractivity contribution in [3.63, 3.8) is 0 Å². The summed E-state index contributed by atoms with van der Waals surface area (Å²) >= 11 is 0. The number of carboxylic acid groups (broad SMARTS) is 1. The molecule has 32 heavy (non-hydrogen) atoms. The van der Waals surface area contributed by atoms with Crippen LogP contribution in [0.2, 0.25) is 0 Å². The van der Waals surface area contributed by atoms with Crippen LogP contribution < -0.4 is 4.74 Å². The van der Waals surface area contributed by atoms with Gasteiger partial charge in [-0.3, -0.25) is 9.48 Å². The van der Waals surface area contributed by atoms with Crippen LogP contribution in [-0.2, 0) is 27.7 Å². The van der Waals surface area contributed by atoms with Crippen molar-refractivity contribution in [2.24, 2.45) is 5.92 Å². The molecule has 1 saturated heterocycles. The molecule has 1 N–H and O–H groups in total. The van der Waals surface area contributed by atoms with E-state index >= 15 is 0 Å². The minimum absolute atomic E-state index is 0.0174. The fourth-order valence-electron chi connectivity index (χ4n) is 4.73. The molecule has 0 spiro atoms. The molecule has 3 heterocycles. The molecule has 1 fully saturated rings. The first-order chi connectivity index (χ1) is 15.2. The zero-order valence-corrected chi connectivity index (χ0v) is 18.8. The minimum atomic E-state index is -3.67. The molecule has 168 valence electrons. The van der Waals surface area contributed by atoms with E-state index in [0.717, 1.165) is 27.8 Å². The minimum Gasteiger partial charge on any atom is -0.493 e. The van der Waals surface area contributed by atoms with E-state index in [2.05, 4.69) is 5.10 Å². The first-order valence-electron chi connectivity index (χ1n) is 10.7. The van der Waals surface area contributed by atoms with Crippen molar-refractivity contribution in [2.75, 3.05) is 19.7 Å². The van der Waals surface area contributed by atoms with E-state index in [-0.39, 0.29) is 29.8 Å². The predicted molar refractivity (Wildman–Crippen MR) is 118 cm³/mol. The second-order valence-corrected chi connectivity index (χ2v) is 10.7. The lowest BCUT2D eigenvalue weighted by Crippen LogP contribution is -2.29. The van der Waals surface area contributed by atoms with Crippen LogP contribution in [0.3, 0.4) is 0 Å². The number of carboxylic acids is 1. The molecule has 2 aliphatic heterocycles. The normalized spacial score (nSPS) is 21.1. The number of hydrogen-bond acceptors (Lipinski definition) is 5. The van der Waals surface area contributed by atoms with Crippen molar-refractivity contribution in [1.29, 1.82) is 0 Å². The van der Waals surface area contributed by atoms with E-state index in [4.69, 9.17) is 4.74 Å². The Morgan fingerprint density at radius 3 is 2.81 bits per heavy atom. The lowest BCUT2D eigenvalue weighted by molar-refractivity contribution is -0.136. The van der Waals surface area contributed by atoms with Crippen LogP contribution >= 0.6 is 0 Å². The maximum atomic E-state index is 13.4. The van der Waals surface area contributed by atoms with Crippen molar-refractivity contribution in [2.45, 2.75) is 37.6 Å². The Morgan fingerprint density at radius 2 is 2.03 bits per heavy atom. The van der Waals surface area contributed by atoms with E-state index in [0.29, 0.717) is 25.3 Å².